The highest BCUT2D eigenvalue weighted by molar-refractivity contribution is 7.78. The monoisotopic (exact) mass is 389 g/mol. The third-order valence-electron chi connectivity index (χ3n) is 5.44. The molecule has 0 aromatic heterocycles. The normalized spacial score (nSPS) is 27.3. The molecular formula is C21H27NO4S. The SMILES string of the molecule is Cc1ccc(OS(=O)NCC2[C@@H]3C=C[C@@H](C3)[C@H]2C=CCCCC(=O)O)cc1. The van der Waals surface area contributed by atoms with Gasteiger partial charge in [-0.05, 0) is 62.0 Å². The fourth-order valence-corrected chi connectivity index (χ4v) is 4.71. The van der Waals surface area contributed by atoms with Crippen LogP contribution in [-0.2, 0) is 16.1 Å². The van der Waals surface area contributed by atoms with Gasteiger partial charge in [0.05, 0.1) is 0 Å². The van der Waals surface area contributed by atoms with Crippen molar-refractivity contribution in [1.82, 2.24) is 4.72 Å². The summed E-state index contributed by atoms with van der Waals surface area (Å²) in [7, 11) is 0. The maximum atomic E-state index is 12.2. The number of unbranched alkanes of at least 4 members (excludes halogenated alkanes) is 1. The number of aliphatic carboxylic acids is 1. The lowest BCUT2D eigenvalue weighted by Gasteiger charge is -2.25. The highest BCUT2D eigenvalue weighted by atomic mass is 32.2. The number of nitrogens with one attached hydrogen (secondary N) is 1. The summed E-state index contributed by atoms with van der Waals surface area (Å²) in [4.78, 5) is 10.6. The van der Waals surface area contributed by atoms with Crippen LogP contribution in [0.2, 0.25) is 0 Å². The van der Waals surface area contributed by atoms with Gasteiger partial charge in [0.25, 0.3) is 11.3 Å². The van der Waals surface area contributed by atoms with Gasteiger partial charge >= 0.3 is 5.97 Å². The zero-order valence-corrected chi connectivity index (χ0v) is 16.4. The van der Waals surface area contributed by atoms with Crippen molar-refractivity contribution in [1.29, 1.82) is 0 Å². The van der Waals surface area contributed by atoms with Crippen LogP contribution < -0.4 is 8.91 Å². The lowest BCUT2D eigenvalue weighted by Crippen LogP contribution is -2.33. The van der Waals surface area contributed by atoms with E-state index in [2.05, 4.69) is 29.0 Å². The number of aryl methyl sites for hydroxylation is 1. The quantitative estimate of drug-likeness (QED) is 0.471. The number of carboxylic acids is 1. The molecule has 6 heteroatoms. The van der Waals surface area contributed by atoms with Gasteiger partial charge < -0.3 is 9.29 Å². The number of allylic oxidation sites excluding steroid dienone is 4. The summed E-state index contributed by atoms with van der Waals surface area (Å²) in [5.74, 6) is 1.69. The highest BCUT2D eigenvalue weighted by Crippen LogP contribution is 2.48. The second-order valence-electron chi connectivity index (χ2n) is 7.38. The minimum absolute atomic E-state index is 0.210. The van der Waals surface area contributed by atoms with Crippen molar-refractivity contribution in [3.8, 4) is 5.75 Å². The zero-order valence-electron chi connectivity index (χ0n) is 15.5. The maximum Gasteiger partial charge on any atom is 0.303 e. The van der Waals surface area contributed by atoms with Gasteiger partial charge in [-0.25, -0.2) is 4.72 Å². The van der Waals surface area contributed by atoms with Gasteiger partial charge in [-0.15, -0.1) is 0 Å². The predicted molar refractivity (Wildman–Crippen MR) is 106 cm³/mol. The Bertz CT molecular complexity index is 728. The second kappa shape index (κ2) is 9.33. The molecule has 0 heterocycles. The van der Waals surface area contributed by atoms with Crippen LogP contribution in [0.5, 0.6) is 5.75 Å². The molecule has 0 amide bonds. The van der Waals surface area contributed by atoms with Crippen molar-refractivity contribution in [2.75, 3.05) is 6.54 Å². The number of benzene rings is 1. The Morgan fingerprint density at radius 2 is 2.04 bits per heavy atom. The molecule has 0 radical (unpaired) electrons. The molecule has 3 rings (SSSR count). The summed E-state index contributed by atoms with van der Waals surface area (Å²) in [6, 6.07) is 7.49. The topological polar surface area (TPSA) is 75.6 Å². The predicted octanol–water partition coefficient (Wildman–Crippen LogP) is 3.79. The first-order valence-corrected chi connectivity index (χ1v) is 10.6. The average Bonchev–Trinajstić information content (AvgIpc) is 3.23. The summed E-state index contributed by atoms with van der Waals surface area (Å²) in [5.41, 5.74) is 1.13. The van der Waals surface area contributed by atoms with Crippen molar-refractivity contribution in [3.63, 3.8) is 0 Å². The van der Waals surface area contributed by atoms with Gasteiger partial charge in [0, 0.05) is 13.0 Å². The summed E-state index contributed by atoms with van der Waals surface area (Å²) in [6.07, 6.45) is 11.7. The molecule has 5 atom stereocenters. The van der Waals surface area contributed by atoms with Crippen molar-refractivity contribution in [2.24, 2.45) is 23.7 Å². The van der Waals surface area contributed by atoms with Gasteiger partial charge in [0.2, 0.25) is 0 Å². The summed E-state index contributed by atoms with van der Waals surface area (Å²) in [5, 5.41) is 8.71. The van der Waals surface area contributed by atoms with Gasteiger partial charge in [-0.3, -0.25) is 4.79 Å². The van der Waals surface area contributed by atoms with Crippen LogP contribution >= 0.6 is 0 Å². The van der Waals surface area contributed by atoms with E-state index in [0.29, 0.717) is 42.4 Å². The number of hydrogen-bond acceptors (Lipinski definition) is 3. The molecule has 1 saturated carbocycles. The number of fused-ring (bicyclic) bond motifs is 2. The average molecular weight is 390 g/mol. The molecule has 2 unspecified atom stereocenters. The lowest BCUT2D eigenvalue weighted by atomic mass is 9.83. The van der Waals surface area contributed by atoms with E-state index in [1.165, 1.54) is 0 Å². The smallest absolute Gasteiger partial charge is 0.303 e. The van der Waals surface area contributed by atoms with E-state index >= 15 is 0 Å². The van der Waals surface area contributed by atoms with Crippen molar-refractivity contribution in [2.45, 2.75) is 32.6 Å². The van der Waals surface area contributed by atoms with E-state index in [-0.39, 0.29) is 6.42 Å². The summed E-state index contributed by atoms with van der Waals surface area (Å²) >= 11 is -1.57. The van der Waals surface area contributed by atoms with Gasteiger partial charge in [-0.2, -0.15) is 4.21 Å². The van der Waals surface area contributed by atoms with Crippen molar-refractivity contribution < 1.29 is 18.3 Å². The first-order chi connectivity index (χ1) is 13.0. The molecule has 2 aliphatic rings. The number of carboxylic acid groups (broad SMARTS) is 1. The Morgan fingerprint density at radius 1 is 1.30 bits per heavy atom. The van der Waals surface area contributed by atoms with Crippen LogP contribution in [-0.4, -0.2) is 21.8 Å². The van der Waals surface area contributed by atoms with E-state index in [9.17, 15) is 9.00 Å². The molecule has 146 valence electrons. The molecule has 2 aliphatic carbocycles. The Balaban J connectivity index is 1.49. The van der Waals surface area contributed by atoms with Crippen LogP contribution in [0.1, 0.15) is 31.2 Å². The van der Waals surface area contributed by atoms with Gasteiger partial charge in [0.15, 0.2) is 0 Å². The number of rotatable bonds is 10. The fraction of sp³-hybridized carbons (Fsp3) is 0.476. The largest absolute Gasteiger partial charge is 0.481 e. The molecule has 27 heavy (non-hydrogen) atoms. The Hall–Kier alpha value is -1.92. The summed E-state index contributed by atoms with van der Waals surface area (Å²) in [6.45, 7) is 2.63. The third kappa shape index (κ3) is 5.53. The van der Waals surface area contributed by atoms with E-state index < -0.39 is 17.2 Å². The summed E-state index contributed by atoms with van der Waals surface area (Å²) < 4.78 is 20.7. The first-order valence-electron chi connectivity index (χ1n) is 9.50. The second-order valence-corrected chi connectivity index (χ2v) is 8.31. The molecule has 1 aromatic rings. The van der Waals surface area contributed by atoms with Crippen LogP contribution in [0.25, 0.3) is 0 Å². The third-order valence-corrected chi connectivity index (χ3v) is 6.18. The molecular weight excluding hydrogens is 362 g/mol. The van der Waals surface area contributed by atoms with E-state index in [4.69, 9.17) is 9.29 Å². The molecule has 5 nitrogen and oxygen atoms in total. The zero-order chi connectivity index (χ0) is 19.2. The minimum atomic E-state index is -1.57. The van der Waals surface area contributed by atoms with Gasteiger partial charge in [-0.1, -0.05) is 42.0 Å². The van der Waals surface area contributed by atoms with E-state index in [1.807, 2.05) is 31.2 Å². The van der Waals surface area contributed by atoms with Crippen molar-refractivity contribution >= 4 is 17.2 Å². The molecule has 1 aromatic carbocycles. The van der Waals surface area contributed by atoms with Gasteiger partial charge in [0.1, 0.15) is 5.75 Å². The van der Waals surface area contributed by atoms with E-state index in [0.717, 1.165) is 18.4 Å². The van der Waals surface area contributed by atoms with E-state index in [1.54, 1.807) is 0 Å². The molecule has 2 N–H and O–H groups in total. The Kier molecular flexibility index (Phi) is 6.85. The molecule has 0 spiro atoms. The van der Waals surface area contributed by atoms with Crippen molar-refractivity contribution in [3.05, 3.63) is 54.1 Å². The maximum absolute atomic E-state index is 12.2. The molecule has 0 saturated heterocycles. The lowest BCUT2D eigenvalue weighted by molar-refractivity contribution is -0.137. The molecule has 1 fully saturated rings. The van der Waals surface area contributed by atoms with Crippen LogP contribution in [0, 0.1) is 30.6 Å². The van der Waals surface area contributed by atoms with Crippen LogP contribution in [0.4, 0.5) is 0 Å². The van der Waals surface area contributed by atoms with Crippen LogP contribution in [0.3, 0.4) is 0 Å². The fourth-order valence-electron chi connectivity index (χ4n) is 4.04. The molecule has 2 bridgehead atoms. The van der Waals surface area contributed by atoms with Crippen LogP contribution in [0.15, 0.2) is 48.6 Å². The standard InChI is InChI=1S/C21H27NO4S/c1-15-7-11-18(12-8-15)26-27(25)22-14-20-17-10-9-16(13-17)19(20)5-3-2-4-6-21(23)24/h3,5,7-12,16-17,19-20,22H,2,4,6,13-14H2,1H3,(H,23,24)/t16-,17+,19+,20?,27?/m0/s1. The highest BCUT2D eigenvalue weighted by Gasteiger charge is 2.42. The molecule has 0 aliphatic heterocycles. The minimum Gasteiger partial charge on any atom is -0.481 e. The first kappa shape index (κ1) is 19.8. The Labute approximate surface area is 163 Å². The Morgan fingerprint density at radius 3 is 2.78 bits per heavy atom. The number of hydrogen-bond donors (Lipinski definition) is 2. The number of carbonyl (C=O) groups is 1.